The van der Waals surface area contributed by atoms with Gasteiger partial charge in [0.2, 0.25) is 15.9 Å². The van der Waals surface area contributed by atoms with Crippen molar-refractivity contribution in [1.82, 2.24) is 4.31 Å². The average molecular weight is 380 g/mol. The first-order chi connectivity index (χ1) is 12.3. The van der Waals surface area contributed by atoms with Crippen LogP contribution in [0.4, 0.5) is 14.5 Å². The molecule has 5 nitrogen and oxygen atoms in total. The van der Waals surface area contributed by atoms with E-state index < -0.39 is 39.8 Å². The van der Waals surface area contributed by atoms with E-state index in [1.165, 1.54) is 6.08 Å². The molecular weight excluding hydrogens is 362 g/mol. The SMILES string of the molecule is CCN(CC(=O)Nc1c(F)cccc1F)S(=O)(=O)C=Cc1ccccc1. The van der Waals surface area contributed by atoms with E-state index in [0.29, 0.717) is 5.56 Å². The molecule has 0 atom stereocenters. The highest BCUT2D eigenvalue weighted by molar-refractivity contribution is 7.92. The standard InChI is InChI=1S/C18H18F2N2O3S/c1-2-22(26(24,25)12-11-14-7-4-3-5-8-14)13-17(23)21-18-15(19)9-6-10-16(18)20/h3-12H,2,13H2,1H3,(H,21,23). The van der Waals surface area contributed by atoms with E-state index in [1.807, 2.05) is 0 Å². The van der Waals surface area contributed by atoms with Gasteiger partial charge in [-0.25, -0.2) is 17.2 Å². The summed E-state index contributed by atoms with van der Waals surface area (Å²) in [6.45, 7) is 1.02. The van der Waals surface area contributed by atoms with Crippen molar-refractivity contribution in [2.75, 3.05) is 18.4 Å². The van der Waals surface area contributed by atoms with Crippen LogP contribution in [-0.4, -0.2) is 31.7 Å². The van der Waals surface area contributed by atoms with E-state index in [4.69, 9.17) is 0 Å². The number of halogens is 2. The van der Waals surface area contributed by atoms with E-state index >= 15 is 0 Å². The molecule has 2 rings (SSSR count). The number of sulfonamides is 1. The van der Waals surface area contributed by atoms with Crippen molar-refractivity contribution < 1.29 is 22.0 Å². The van der Waals surface area contributed by atoms with Crippen molar-refractivity contribution in [1.29, 1.82) is 0 Å². The van der Waals surface area contributed by atoms with Gasteiger partial charge in [0.25, 0.3) is 0 Å². The number of carbonyl (C=O) groups is 1. The Kier molecular flexibility index (Phi) is 6.59. The molecule has 26 heavy (non-hydrogen) atoms. The molecule has 138 valence electrons. The van der Waals surface area contributed by atoms with Gasteiger partial charge in [-0.2, -0.15) is 4.31 Å². The summed E-state index contributed by atoms with van der Waals surface area (Å²) in [4.78, 5) is 12.0. The van der Waals surface area contributed by atoms with Gasteiger partial charge in [0.05, 0.1) is 6.54 Å². The smallest absolute Gasteiger partial charge is 0.239 e. The summed E-state index contributed by atoms with van der Waals surface area (Å²) in [5.74, 6) is -2.71. The van der Waals surface area contributed by atoms with Crippen molar-refractivity contribution >= 4 is 27.7 Å². The fraction of sp³-hybridized carbons (Fsp3) is 0.167. The minimum Gasteiger partial charge on any atom is -0.320 e. The maximum absolute atomic E-state index is 13.6. The molecule has 0 saturated carbocycles. The Labute approximate surface area is 151 Å². The van der Waals surface area contributed by atoms with E-state index in [0.717, 1.165) is 27.9 Å². The number of hydrogen-bond acceptors (Lipinski definition) is 3. The van der Waals surface area contributed by atoms with E-state index in [9.17, 15) is 22.0 Å². The van der Waals surface area contributed by atoms with Crippen molar-refractivity contribution in [3.8, 4) is 0 Å². The highest BCUT2D eigenvalue weighted by atomic mass is 32.2. The zero-order valence-electron chi connectivity index (χ0n) is 14.0. The molecule has 0 heterocycles. The molecule has 0 aromatic heterocycles. The zero-order chi connectivity index (χ0) is 19.2. The first-order valence-corrected chi connectivity index (χ1v) is 9.31. The Morgan fingerprint density at radius 3 is 2.27 bits per heavy atom. The number of likely N-dealkylation sites (N-methyl/N-ethyl adjacent to an activating group) is 1. The van der Waals surface area contributed by atoms with Crippen LogP contribution in [0.1, 0.15) is 12.5 Å². The summed E-state index contributed by atoms with van der Waals surface area (Å²) >= 11 is 0. The topological polar surface area (TPSA) is 66.5 Å². The number of nitrogens with zero attached hydrogens (tertiary/aromatic N) is 1. The Hall–Kier alpha value is -2.58. The van der Waals surface area contributed by atoms with Gasteiger partial charge in [-0.3, -0.25) is 4.79 Å². The predicted octanol–water partition coefficient (Wildman–Crippen LogP) is 3.23. The Bertz CT molecular complexity index is 880. The van der Waals surface area contributed by atoms with Crippen LogP contribution in [0.3, 0.4) is 0 Å². The van der Waals surface area contributed by atoms with Crippen molar-refractivity contribution in [3.63, 3.8) is 0 Å². The second-order valence-corrected chi connectivity index (χ2v) is 7.15. The highest BCUT2D eigenvalue weighted by Gasteiger charge is 2.22. The van der Waals surface area contributed by atoms with Crippen molar-refractivity contribution in [3.05, 3.63) is 71.1 Å². The van der Waals surface area contributed by atoms with Gasteiger partial charge in [-0.15, -0.1) is 0 Å². The van der Waals surface area contributed by atoms with Crippen LogP contribution >= 0.6 is 0 Å². The van der Waals surface area contributed by atoms with E-state index in [1.54, 1.807) is 37.3 Å². The van der Waals surface area contributed by atoms with Crippen LogP contribution in [0.5, 0.6) is 0 Å². The van der Waals surface area contributed by atoms with Crippen molar-refractivity contribution in [2.24, 2.45) is 0 Å². The normalized spacial score (nSPS) is 11.8. The molecule has 0 aliphatic carbocycles. The van der Waals surface area contributed by atoms with Crippen LogP contribution in [-0.2, 0) is 14.8 Å². The minimum atomic E-state index is -3.87. The maximum Gasteiger partial charge on any atom is 0.239 e. The molecule has 0 spiro atoms. The van der Waals surface area contributed by atoms with Gasteiger partial charge in [-0.1, -0.05) is 43.3 Å². The molecule has 0 saturated heterocycles. The highest BCUT2D eigenvalue weighted by Crippen LogP contribution is 2.18. The molecule has 0 bridgehead atoms. The Morgan fingerprint density at radius 2 is 1.69 bits per heavy atom. The van der Waals surface area contributed by atoms with Gasteiger partial charge in [0.1, 0.15) is 17.3 Å². The predicted molar refractivity (Wildman–Crippen MR) is 96.6 cm³/mol. The molecule has 8 heteroatoms. The second-order valence-electron chi connectivity index (χ2n) is 5.33. The van der Waals surface area contributed by atoms with Crippen LogP contribution < -0.4 is 5.32 Å². The third kappa shape index (κ3) is 5.21. The number of nitrogens with one attached hydrogen (secondary N) is 1. The molecule has 0 aliphatic rings. The summed E-state index contributed by atoms with van der Waals surface area (Å²) in [6.07, 6.45) is 1.41. The molecule has 0 fully saturated rings. The minimum absolute atomic E-state index is 0.0225. The van der Waals surface area contributed by atoms with E-state index in [2.05, 4.69) is 5.32 Å². The molecule has 0 aliphatic heterocycles. The third-order valence-corrected chi connectivity index (χ3v) is 5.08. The third-order valence-electron chi connectivity index (χ3n) is 3.49. The lowest BCUT2D eigenvalue weighted by atomic mass is 10.2. The fourth-order valence-corrected chi connectivity index (χ4v) is 3.31. The number of carbonyl (C=O) groups excluding carboxylic acids is 1. The maximum atomic E-state index is 13.6. The van der Waals surface area contributed by atoms with Crippen LogP contribution in [0, 0.1) is 11.6 Å². The zero-order valence-corrected chi connectivity index (χ0v) is 14.8. The molecular formula is C18H18F2N2O3S. The van der Waals surface area contributed by atoms with Crippen molar-refractivity contribution in [2.45, 2.75) is 6.92 Å². The van der Waals surface area contributed by atoms with Gasteiger partial charge >= 0.3 is 0 Å². The largest absolute Gasteiger partial charge is 0.320 e. The van der Waals surface area contributed by atoms with E-state index in [-0.39, 0.29) is 6.54 Å². The van der Waals surface area contributed by atoms with Crippen LogP contribution in [0.15, 0.2) is 53.9 Å². The first kappa shape index (κ1) is 19.7. The monoisotopic (exact) mass is 380 g/mol. The number of para-hydroxylation sites is 1. The first-order valence-electron chi connectivity index (χ1n) is 7.80. The van der Waals surface area contributed by atoms with Gasteiger partial charge in [-0.05, 0) is 23.8 Å². The molecule has 2 aromatic carbocycles. The quantitative estimate of drug-likeness (QED) is 0.802. The lowest BCUT2D eigenvalue weighted by Gasteiger charge is -2.18. The molecule has 1 amide bonds. The molecule has 1 N–H and O–H groups in total. The van der Waals surface area contributed by atoms with Gasteiger partial charge in [0, 0.05) is 12.0 Å². The number of benzene rings is 2. The second kappa shape index (κ2) is 8.68. The molecule has 0 radical (unpaired) electrons. The molecule has 2 aromatic rings. The summed E-state index contributed by atoms with van der Waals surface area (Å²) in [7, 11) is -3.87. The number of hydrogen-bond donors (Lipinski definition) is 1. The number of amides is 1. The number of anilines is 1. The number of rotatable bonds is 7. The lowest BCUT2D eigenvalue weighted by molar-refractivity contribution is -0.116. The summed E-state index contributed by atoms with van der Waals surface area (Å²) in [6, 6.07) is 12.0. The lowest BCUT2D eigenvalue weighted by Crippen LogP contribution is -2.37. The fourth-order valence-electron chi connectivity index (χ4n) is 2.15. The van der Waals surface area contributed by atoms with Crippen LogP contribution in [0.25, 0.3) is 6.08 Å². The van der Waals surface area contributed by atoms with Crippen LogP contribution in [0.2, 0.25) is 0 Å². The molecule has 0 unspecified atom stereocenters. The summed E-state index contributed by atoms with van der Waals surface area (Å²) in [5.41, 5.74) is 0.0794. The average Bonchev–Trinajstić information content (AvgIpc) is 2.62. The Morgan fingerprint density at radius 1 is 1.08 bits per heavy atom. The Balaban J connectivity index is 2.10. The summed E-state index contributed by atoms with van der Waals surface area (Å²) in [5, 5.41) is 3.06. The summed E-state index contributed by atoms with van der Waals surface area (Å²) < 4.78 is 52.8. The van der Waals surface area contributed by atoms with Gasteiger partial charge in [0.15, 0.2) is 0 Å². The van der Waals surface area contributed by atoms with Gasteiger partial charge < -0.3 is 5.32 Å².